The molecule has 45 heavy (non-hydrogen) atoms. The number of nitro benzene ring substituents is 1. The van der Waals surface area contributed by atoms with E-state index in [1.807, 2.05) is 0 Å². The Labute approximate surface area is 257 Å². The summed E-state index contributed by atoms with van der Waals surface area (Å²) in [7, 11) is 0. The van der Waals surface area contributed by atoms with Crippen LogP contribution in [0.1, 0.15) is 64.9 Å². The van der Waals surface area contributed by atoms with Gasteiger partial charge in [0.1, 0.15) is 5.78 Å². The lowest BCUT2D eigenvalue weighted by Crippen LogP contribution is -2.49. The number of nitrogens with zero attached hydrogens (tertiary/aromatic N) is 1. The molecule has 1 aromatic rings. The number of non-ortho nitro benzene ring substituents is 1. The molecular formula is C29H37N3O13. The molecule has 0 saturated carbocycles. The summed E-state index contributed by atoms with van der Waals surface area (Å²) in [6.45, 7) is 4.29. The van der Waals surface area contributed by atoms with Crippen LogP contribution in [0.3, 0.4) is 0 Å². The number of hydrogen-bond acceptors (Lipinski definition) is 10. The number of nitro groups is 1. The van der Waals surface area contributed by atoms with Crippen molar-refractivity contribution in [2.45, 2.75) is 77.8 Å². The lowest BCUT2D eigenvalue weighted by Gasteiger charge is -2.26. The second kappa shape index (κ2) is 17.9. The monoisotopic (exact) mass is 635 g/mol. The fourth-order valence-electron chi connectivity index (χ4n) is 4.44. The van der Waals surface area contributed by atoms with Crippen molar-refractivity contribution in [1.82, 2.24) is 10.6 Å². The highest BCUT2D eigenvalue weighted by atomic mass is 16.6. The zero-order valence-corrected chi connectivity index (χ0v) is 25.0. The van der Waals surface area contributed by atoms with Gasteiger partial charge in [0.05, 0.1) is 35.8 Å². The molecule has 1 aromatic carbocycles. The van der Waals surface area contributed by atoms with E-state index < -0.39 is 120 Å². The second-order valence-electron chi connectivity index (χ2n) is 10.9. The first-order chi connectivity index (χ1) is 20.9. The van der Waals surface area contributed by atoms with E-state index in [9.17, 15) is 53.6 Å². The van der Waals surface area contributed by atoms with Crippen LogP contribution in [0.25, 0.3) is 0 Å². The Bertz CT molecular complexity index is 1290. The number of hydrogen-bond donors (Lipinski definition) is 5. The molecule has 0 heterocycles. The van der Waals surface area contributed by atoms with Gasteiger partial charge in [-0.15, -0.1) is 0 Å². The Kier molecular flexibility index (Phi) is 15.2. The van der Waals surface area contributed by atoms with E-state index in [1.165, 1.54) is 12.1 Å². The summed E-state index contributed by atoms with van der Waals surface area (Å²) in [6.07, 6.45) is -3.84. The number of benzene rings is 1. The minimum Gasteiger partial charge on any atom is -0.481 e. The molecule has 0 bridgehead atoms. The van der Waals surface area contributed by atoms with Gasteiger partial charge in [-0.05, 0) is 24.8 Å². The fraction of sp³-hybridized carbons (Fsp3) is 0.517. The maximum Gasteiger partial charge on any atom is 0.305 e. The molecular weight excluding hydrogens is 598 g/mol. The average Bonchev–Trinajstić information content (AvgIpc) is 2.92. The van der Waals surface area contributed by atoms with Crippen LogP contribution < -0.4 is 10.6 Å². The Morgan fingerprint density at radius 1 is 0.756 bits per heavy atom. The van der Waals surface area contributed by atoms with Crippen molar-refractivity contribution < 1.29 is 58.6 Å². The van der Waals surface area contributed by atoms with Crippen LogP contribution in [0.15, 0.2) is 24.3 Å². The Morgan fingerprint density at radius 3 is 1.78 bits per heavy atom. The lowest BCUT2D eigenvalue weighted by molar-refractivity contribution is -0.384. The molecule has 4 atom stereocenters. The maximum absolute atomic E-state index is 13.3. The molecule has 0 aliphatic carbocycles. The quantitative estimate of drug-likeness (QED) is 0.0943. The molecule has 0 radical (unpaired) electrons. The Hall–Kier alpha value is -5.02. The zero-order chi connectivity index (χ0) is 34.4. The topological polar surface area (TPSA) is 264 Å². The third-order valence-corrected chi connectivity index (χ3v) is 6.85. The molecule has 0 aliphatic rings. The molecule has 0 saturated heterocycles. The second-order valence-corrected chi connectivity index (χ2v) is 10.9. The van der Waals surface area contributed by atoms with Gasteiger partial charge in [-0.2, -0.15) is 0 Å². The number of rotatable bonds is 21. The van der Waals surface area contributed by atoms with E-state index in [-0.39, 0.29) is 12.1 Å². The normalized spacial score (nSPS) is 13.5. The van der Waals surface area contributed by atoms with Gasteiger partial charge in [-0.25, -0.2) is 0 Å². The highest BCUT2D eigenvalue weighted by Crippen LogP contribution is 2.20. The number of carbonyl (C=O) groups is 8. The molecule has 16 heteroatoms. The number of Topliss-reactive ketones (excluding diaryl/α,β-unsaturated/α-hetero) is 3. The molecule has 246 valence electrons. The summed E-state index contributed by atoms with van der Waals surface area (Å²) in [4.78, 5) is 108. The lowest BCUT2D eigenvalue weighted by atomic mass is 9.86. The third kappa shape index (κ3) is 13.9. The van der Waals surface area contributed by atoms with Gasteiger partial charge in [-0.3, -0.25) is 43.7 Å². The van der Waals surface area contributed by atoms with E-state index in [0.29, 0.717) is 5.56 Å². The molecule has 0 aromatic heterocycles. The molecule has 0 aliphatic heterocycles. The standard InChI is InChI=1S/C29H37N3O13/c1-15(2)20(13-24(35)21(8-9-25(36)37)30-28(42)18(10-16(3)33)12-26(38)39)29(43)31-22(14-27(40)41)23(34)11-17-4-6-19(7-5-17)32(44)45/h4-7,15,18,20-22H,8-14H2,1-3H3,(H,30,42)(H,31,43)(H,36,37)(H,38,39)(H,40,41)/t18-,20-,21-,22-/m0/s1. The van der Waals surface area contributed by atoms with Crippen LogP contribution in [0.5, 0.6) is 0 Å². The average molecular weight is 636 g/mol. The van der Waals surface area contributed by atoms with Crippen molar-refractivity contribution in [2.24, 2.45) is 17.8 Å². The van der Waals surface area contributed by atoms with Crippen LogP contribution in [-0.4, -0.2) is 79.4 Å². The number of carboxylic acid groups (broad SMARTS) is 3. The van der Waals surface area contributed by atoms with Crippen LogP contribution in [0, 0.1) is 27.9 Å². The largest absolute Gasteiger partial charge is 0.481 e. The van der Waals surface area contributed by atoms with Crippen LogP contribution in [-0.2, 0) is 44.8 Å². The van der Waals surface area contributed by atoms with E-state index in [1.54, 1.807) is 13.8 Å². The summed E-state index contributed by atoms with van der Waals surface area (Å²) in [5, 5.41) is 43.1. The van der Waals surface area contributed by atoms with E-state index in [4.69, 9.17) is 10.2 Å². The molecule has 5 N–H and O–H groups in total. The Morgan fingerprint density at radius 2 is 1.31 bits per heavy atom. The van der Waals surface area contributed by atoms with Gasteiger partial charge in [0.25, 0.3) is 5.69 Å². The number of aliphatic carboxylic acids is 3. The van der Waals surface area contributed by atoms with Gasteiger partial charge < -0.3 is 30.7 Å². The van der Waals surface area contributed by atoms with Crippen molar-refractivity contribution in [3.8, 4) is 0 Å². The van der Waals surface area contributed by atoms with E-state index in [0.717, 1.165) is 19.1 Å². The first-order valence-corrected chi connectivity index (χ1v) is 14.0. The molecule has 2 amide bonds. The van der Waals surface area contributed by atoms with Gasteiger partial charge >= 0.3 is 17.9 Å². The van der Waals surface area contributed by atoms with Crippen molar-refractivity contribution in [1.29, 1.82) is 0 Å². The number of carboxylic acids is 3. The summed E-state index contributed by atoms with van der Waals surface area (Å²) in [5.74, 6) is -10.9. The predicted octanol–water partition coefficient (Wildman–Crippen LogP) is 1.32. The maximum atomic E-state index is 13.3. The number of carbonyl (C=O) groups excluding carboxylic acids is 5. The van der Waals surface area contributed by atoms with Crippen molar-refractivity contribution in [2.75, 3.05) is 0 Å². The molecule has 1 rings (SSSR count). The summed E-state index contributed by atoms with van der Waals surface area (Å²) >= 11 is 0. The van der Waals surface area contributed by atoms with Crippen LogP contribution in [0.2, 0.25) is 0 Å². The first-order valence-electron chi connectivity index (χ1n) is 14.0. The van der Waals surface area contributed by atoms with Crippen LogP contribution in [0.4, 0.5) is 5.69 Å². The Balaban J connectivity index is 3.16. The molecule has 0 spiro atoms. The SMILES string of the molecule is CC(=O)C[C@@H](CC(=O)O)C(=O)N[C@@H](CCC(=O)O)C(=O)C[C@H](C(=O)N[C@@H](CC(=O)O)C(=O)Cc1ccc([N+](=O)[O-])cc1)C(C)C. The van der Waals surface area contributed by atoms with E-state index in [2.05, 4.69) is 10.6 Å². The minimum atomic E-state index is -1.52. The smallest absolute Gasteiger partial charge is 0.305 e. The van der Waals surface area contributed by atoms with Crippen LogP contribution >= 0.6 is 0 Å². The summed E-state index contributed by atoms with van der Waals surface area (Å²) < 4.78 is 0. The van der Waals surface area contributed by atoms with Gasteiger partial charge in [0.2, 0.25) is 11.8 Å². The number of nitrogens with one attached hydrogen (secondary N) is 2. The van der Waals surface area contributed by atoms with E-state index >= 15 is 0 Å². The first kappa shape index (κ1) is 38.0. The van der Waals surface area contributed by atoms with Gasteiger partial charge in [0, 0.05) is 43.7 Å². The molecule has 0 unspecified atom stereocenters. The zero-order valence-electron chi connectivity index (χ0n) is 25.0. The highest BCUT2D eigenvalue weighted by Gasteiger charge is 2.34. The summed E-state index contributed by atoms with van der Waals surface area (Å²) in [5.41, 5.74) is 0.106. The molecule has 0 fully saturated rings. The predicted molar refractivity (Wildman–Crippen MR) is 154 cm³/mol. The minimum absolute atomic E-state index is 0.222. The van der Waals surface area contributed by atoms with Crippen molar-refractivity contribution in [3.63, 3.8) is 0 Å². The van der Waals surface area contributed by atoms with Gasteiger partial charge in [-0.1, -0.05) is 26.0 Å². The highest BCUT2D eigenvalue weighted by molar-refractivity contribution is 5.97. The van der Waals surface area contributed by atoms with Crippen molar-refractivity contribution in [3.05, 3.63) is 39.9 Å². The fourth-order valence-corrected chi connectivity index (χ4v) is 4.44. The van der Waals surface area contributed by atoms with Gasteiger partial charge in [0.15, 0.2) is 11.6 Å². The molecule has 16 nitrogen and oxygen atoms in total. The number of ketones is 3. The van der Waals surface area contributed by atoms with Crippen molar-refractivity contribution >= 4 is 52.8 Å². The number of amides is 2. The third-order valence-electron chi connectivity index (χ3n) is 6.85. The summed E-state index contributed by atoms with van der Waals surface area (Å²) in [6, 6.07) is 1.98.